The molecule has 6 nitrogen and oxygen atoms in total. The van der Waals surface area contributed by atoms with Gasteiger partial charge in [0.15, 0.2) is 5.16 Å². The van der Waals surface area contributed by atoms with Crippen LogP contribution >= 0.6 is 11.8 Å². The van der Waals surface area contributed by atoms with Crippen LogP contribution in [0.25, 0.3) is 0 Å². The van der Waals surface area contributed by atoms with E-state index in [1.807, 2.05) is 0 Å². The highest BCUT2D eigenvalue weighted by Crippen LogP contribution is 2.40. The first-order valence-corrected chi connectivity index (χ1v) is 7.97. The number of carboxylic acid groups (broad SMARTS) is 1. The second-order valence-electron chi connectivity index (χ2n) is 5.00. The molecule has 0 amide bonds. The van der Waals surface area contributed by atoms with Crippen molar-refractivity contribution in [3.63, 3.8) is 0 Å². The third kappa shape index (κ3) is 4.49. The van der Waals surface area contributed by atoms with Crippen molar-refractivity contribution in [2.45, 2.75) is 49.7 Å². The van der Waals surface area contributed by atoms with E-state index >= 15 is 0 Å². The monoisotopic (exact) mass is 299 g/mol. The summed E-state index contributed by atoms with van der Waals surface area (Å²) in [6.07, 6.45) is 5.53. The lowest BCUT2D eigenvalue weighted by atomic mass is 10.2. The first-order chi connectivity index (χ1) is 9.72. The van der Waals surface area contributed by atoms with Crippen LogP contribution in [0, 0.1) is 0 Å². The molecule has 1 aromatic rings. The van der Waals surface area contributed by atoms with Crippen LogP contribution in [0.2, 0.25) is 0 Å². The Kier molecular flexibility index (Phi) is 5.85. The maximum absolute atomic E-state index is 10.7. The predicted octanol–water partition coefficient (Wildman–Crippen LogP) is 2.15. The molecule has 1 fully saturated rings. The van der Waals surface area contributed by atoms with Gasteiger partial charge >= 0.3 is 5.97 Å². The number of aromatic nitrogens is 3. The summed E-state index contributed by atoms with van der Waals surface area (Å²) in [5.41, 5.74) is 0. The van der Waals surface area contributed by atoms with Crippen LogP contribution in [0.1, 0.15) is 43.8 Å². The second kappa shape index (κ2) is 7.64. The Labute approximate surface area is 122 Å². The summed E-state index contributed by atoms with van der Waals surface area (Å²) < 4.78 is 7.15. The van der Waals surface area contributed by atoms with Gasteiger partial charge in [-0.15, -0.1) is 10.2 Å². The highest BCUT2D eigenvalue weighted by molar-refractivity contribution is 7.99. The maximum atomic E-state index is 10.7. The SMILES string of the molecule is COCCCCCn1c(SCC(=O)O)nnc1C1CC1. The Balaban J connectivity index is 1.91. The Morgan fingerprint density at radius 3 is 2.85 bits per heavy atom. The number of thioether (sulfide) groups is 1. The zero-order valence-corrected chi connectivity index (χ0v) is 12.6. The zero-order valence-electron chi connectivity index (χ0n) is 11.7. The van der Waals surface area contributed by atoms with E-state index in [0.29, 0.717) is 5.92 Å². The summed E-state index contributed by atoms with van der Waals surface area (Å²) in [7, 11) is 1.71. The molecule has 1 aliphatic rings. The largest absolute Gasteiger partial charge is 0.481 e. The number of nitrogens with zero attached hydrogens (tertiary/aromatic N) is 3. The Bertz CT molecular complexity index is 446. The van der Waals surface area contributed by atoms with Crippen LogP contribution in [0.15, 0.2) is 5.16 Å². The number of unbranched alkanes of at least 4 members (excludes halogenated alkanes) is 2. The molecule has 0 radical (unpaired) electrons. The lowest BCUT2D eigenvalue weighted by Crippen LogP contribution is -2.07. The first-order valence-electron chi connectivity index (χ1n) is 6.99. The van der Waals surface area contributed by atoms with Gasteiger partial charge in [-0.25, -0.2) is 0 Å². The molecule has 1 aliphatic carbocycles. The van der Waals surface area contributed by atoms with Crippen LogP contribution in [0.4, 0.5) is 0 Å². The van der Waals surface area contributed by atoms with Gasteiger partial charge in [0.1, 0.15) is 5.82 Å². The summed E-state index contributed by atoms with van der Waals surface area (Å²) in [6, 6.07) is 0. The third-order valence-corrected chi connectivity index (χ3v) is 4.19. The predicted molar refractivity (Wildman–Crippen MR) is 76.1 cm³/mol. The van der Waals surface area contributed by atoms with E-state index < -0.39 is 5.97 Å². The fourth-order valence-electron chi connectivity index (χ4n) is 2.08. The average Bonchev–Trinajstić information content (AvgIpc) is 3.18. The molecule has 0 aliphatic heterocycles. The van der Waals surface area contributed by atoms with E-state index in [2.05, 4.69) is 14.8 Å². The Hall–Kier alpha value is -1.08. The molecule has 112 valence electrons. The molecule has 2 rings (SSSR count). The standard InChI is InChI=1S/C13H21N3O3S/c1-19-8-4-2-3-7-16-12(10-5-6-10)14-15-13(16)20-9-11(17)18/h10H,2-9H2,1H3,(H,17,18). The van der Waals surface area contributed by atoms with E-state index in [-0.39, 0.29) is 5.75 Å². The molecule has 1 saturated carbocycles. The molecule has 1 heterocycles. The maximum Gasteiger partial charge on any atom is 0.313 e. The van der Waals surface area contributed by atoms with Gasteiger partial charge in [0.05, 0.1) is 5.75 Å². The number of hydrogen-bond acceptors (Lipinski definition) is 5. The van der Waals surface area contributed by atoms with Crippen molar-refractivity contribution in [1.82, 2.24) is 14.8 Å². The smallest absolute Gasteiger partial charge is 0.313 e. The summed E-state index contributed by atoms with van der Waals surface area (Å²) in [4.78, 5) is 10.7. The molecule has 1 aromatic heterocycles. The van der Waals surface area contributed by atoms with E-state index in [9.17, 15) is 4.79 Å². The highest BCUT2D eigenvalue weighted by Gasteiger charge is 2.30. The van der Waals surface area contributed by atoms with Crippen LogP contribution in [-0.4, -0.2) is 45.3 Å². The molecule has 0 unspecified atom stereocenters. The number of ether oxygens (including phenoxy) is 1. The minimum absolute atomic E-state index is 0.0342. The minimum atomic E-state index is -0.822. The van der Waals surface area contributed by atoms with Crippen molar-refractivity contribution >= 4 is 17.7 Å². The van der Waals surface area contributed by atoms with E-state index in [1.165, 1.54) is 24.6 Å². The van der Waals surface area contributed by atoms with E-state index in [4.69, 9.17) is 9.84 Å². The van der Waals surface area contributed by atoms with E-state index in [0.717, 1.165) is 43.4 Å². The molecule has 0 bridgehead atoms. The number of methoxy groups -OCH3 is 1. The quantitative estimate of drug-likeness (QED) is 0.527. The molecule has 0 saturated heterocycles. The van der Waals surface area contributed by atoms with Crippen molar-refractivity contribution in [1.29, 1.82) is 0 Å². The van der Waals surface area contributed by atoms with E-state index in [1.54, 1.807) is 7.11 Å². The fraction of sp³-hybridized carbons (Fsp3) is 0.769. The number of carboxylic acids is 1. The second-order valence-corrected chi connectivity index (χ2v) is 5.95. The van der Waals surface area contributed by atoms with Gasteiger partial charge < -0.3 is 14.4 Å². The number of carbonyl (C=O) groups is 1. The lowest BCUT2D eigenvalue weighted by molar-refractivity contribution is -0.133. The normalized spacial score (nSPS) is 14.7. The topological polar surface area (TPSA) is 77.2 Å². The average molecular weight is 299 g/mol. The number of rotatable bonds is 10. The van der Waals surface area contributed by atoms with Crippen molar-refractivity contribution in [3.8, 4) is 0 Å². The molecule has 7 heteroatoms. The summed E-state index contributed by atoms with van der Waals surface area (Å²) in [5, 5.41) is 17.9. The van der Waals surface area contributed by atoms with Crippen LogP contribution in [0.5, 0.6) is 0 Å². The minimum Gasteiger partial charge on any atom is -0.481 e. The molecule has 0 atom stereocenters. The van der Waals surface area contributed by atoms with Gasteiger partial charge in [0.2, 0.25) is 0 Å². The zero-order chi connectivity index (χ0) is 14.4. The molecular formula is C13H21N3O3S. The van der Waals surface area contributed by atoms with Gasteiger partial charge in [0, 0.05) is 26.2 Å². The van der Waals surface area contributed by atoms with Crippen molar-refractivity contribution in [2.24, 2.45) is 0 Å². The molecule has 1 N–H and O–H groups in total. The van der Waals surface area contributed by atoms with Crippen molar-refractivity contribution < 1.29 is 14.6 Å². The summed E-state index contributed by atoms with van der Waals surface area (Å²) in [6.45, 7) is 1.66. The molecular weight excluding hydrogens is 278 g/mol. The first kappa shape index (κ1) is 15.3. The van der Waals surface area contributed by atoms with Gasteiger partial charge in [-0.3, -0.25) is 4.79 Å². The Morgan fingerprint density at radius 2 is 2.20 bits per heavy atom. The van der Waals surface area contributed by atoms with Gasteiger partial charge in [0.25, 0.3) is 0 Å². The van der Waals surface area contributed by atoms with Crippen LogP contribution < -0.4 is 0 Å². The van der Waals surface area contributed by atoms with Gasteiger partial charge in [-0.2, -0.15) is 0 Å². The summed E-state index contributed by atoms with van der Waals surface area (Å²) >= 11 is 1.25. The van der Waals surface area contributed by atoms with Gasteiger partial charge in [-0.1, -0.05) is 11.8 Å². The number of aliphatic carboxylic acids is 1. The summed E-state index contributed by atoms with van der Waals surface area (Å²) in [5.74, 6) is 0.773. The molecule has 0 spiro atoms. The van der Waals surface area contributed by atoms with Gasteiger partial charge in [-0.05, 0) is 32.1 Å². The number of hydrogen-bond donors (Lipinski definition) is 1. The Morgan fingerprint density at radius 1 is 1.40 bits per heavy atom. The molecule has 20 heavy (non-hydrogen) atoms. The van der Waals surface area contributed by atoms with Crippen molar-refractivity contribution in [3.05, 3.63) is 5.82 Å². The molecule has 0 aromatic carbocycles. The van der Waals surface area contributed by atoms with Crippen LogP contribution in [0.3, 0.4) is 0 Å². The lowest BCUT2D eigenvalue weighted by Gasteiger charge is -2.09. The van der Waals surface area contributed by atoms with Crippen LogP contribution in [-0.2, 0) is 16.1 Å². The third-order valence-electron chi connectivity index (χ3n) is 3.24. The fourth-order valence-corrected chi connectivity index (χ4v) is 2.77. The highest BCUT2D eigenvalue weighted by atomic mass is 32.2. The van der Waals surface area contributed by atoms with Crippen molar-refractivity contribution in [2.75, 3.05) is 19.5 Å².